The van der Waals surface area contributed by atoms with Crippen molar-refractivity contribution in [3.05, 3.63) is 35.8 Å². The van der Waals surface area contributed by atoms with Gasteiger partial charge in [0.25, 0.3) is 0 Å². The number of hydrogen-bond donors (Lipinski definition) is 2. The van der Waals surface area contributed by atoms with Gasteiger partial charge in [-0.2, -0.15) is 5.26 Å². The summed E-state index contributed by atoms with van der Waals surface area (Å²) in [5, 5.41) is 11.2. The van der Waals surface area contributed by atoms with Gasteiger partial charge >= 0.3 is 0 Å². The highest BCUT2D eigenvalue weighted by atomic mass is 32.2. The lowest BCUT2D eigenvalue weighted by atomic mass is 10.1. The zero-order chi connectivity index (χ0) is 17.7. The fourth-order valence-corrected chi connectivity index (χ4v) is 3.73. The van der Waals surface area contributed by atoms with E-state index in [4.69, 9.17) is 5.73 Å². The first-order valence-electron chi connectivity index (χ1n) is 7.57. The van der Waals surface area contributed by atoms with E-state index in [2.05, 4.69) is 16.5 Å². The number of pyridine rings is 1. The van der Waals surface area contributed by atoms with E-state index in [1.807, 2.05) is 11.0 Å². The van der Waals surface area contributed by atoms with Crippen LogP contribution in [0.2, 0.25) is 0 Å². The van der Waals surface area contributed by atoms with Gasteiger partial charge in [-0.1, -0.05) is 6.07 Å². The molecule has 130 valence electrons. The predicted octanol–water partition coefficient (Wildman–Crippen LogP) is 0.137. The van der Waals surface area contributed by atoms with Gasteiger partial charge in [-0.15, -0.1) is 0 Å². The second-order valence-electron chi connectivity index (χ2n) is 5.64. The molecule has 0 bridgehead atoms. The summed E-state index contributed by atoms with van der Waals surface area (Å²) in [6.07, 6.45) is 3.34. The molecular formula is C15H22N6O2S. The number of nitrogens with two attached hydrogens (primary N) is 1. The van der Waals surface area contributed by atoms with Crippen molar-refractivity contribution < 1.29 is 8.42 Å². The van der Waals surface area contributed by atoms with Crippen molar-refractivity contribution in [2.24, 2.45) is 5.73 Å². The highest BCUT2D eigenvalue weighted by molar-refractivity contribution is 7.91. The highest BCUT2D eigenvalue weighted by Crippen LogP contribution is 2.23. The molecule has 0 radical (unpaired) electrons. The molecule has 8 nitrogen and oxygen atoms in total. The molecule has 24 heavy (non-hydrogen) atoms. The maximum atomic E-state index is 11.5. The molecule has 1 aromatic heterocycles. The Morgan fingerprint density at radius 3 is 2.62 bits per heavy atom. The quantitative estimate of drug-likeness (QED) is 0.721. The summed E-state index contributed by atoms with van der Waals surface area (Å²) in [5.74, 6) is 0.819. The molecule has 0 saturated carbocycles. The highest BCUT2D eigenvalue weighted by Gasteiger charge is 2.28. The molecule has 1 aliphatic heterocycles. The van der Waals surface area contributed by atoms with E-state index in [9.17, 15) is 13.7 Å². The summed E-state index contributed by atoms with van der Waals surface area (Å²) in [7, 11) is -1.22. The Kier molecular flexibility index (Phi) is 5.77. The largest absolute Gasteiger partial charge is 0.401 e. The molecule has 0 aromatic carbocycles. The van der Waals surface area contributed by atoms with Crippen LogP contribution in [-0.2, 0) is 9.84 Å². The summed E-state index contributed by atoms with van der Waals surface area (Å²) in [6.45, 7) is 2.49. The molecule has 3 N–H and O–H groups in total. The van der Waals surface area contributed by atoms with Crippen molar-refractivity contribution in [3.8, 4) is 6.07 Å². The van der Waals surface area contributed by atoms with E-state index >= 15 is 0 Å². The number of nitrogens with one attached hydrogen (secondary N) is 1. The maximum Gasteiger partial charge on any atom is 0.152 e. The van der Waals surface area contributed by atoms with Gasteiger partial charge in [-0.3, -0.25) is 9.91 Å². The Morgan fingerprint density at radius 2 is 2.17 bits per heavy atom. The molecule has 0 aliphatic carbocycles. The second kappa shape index (κ2) is 7.61. The van der Waals surface area contributed by atoms with Crippen LogP contribution in [0.25, 0.3) is 0 Å². The van der Waals surface area contributed by atoms with Gasteiger partial charge in [0.2, 0.25) is 0 Å². The number of nitrogens with zero attached hydrogens (tertiary/aromatic N) is 4. The lowest BCUT2D eigenvalue weighted by Crippen LogP contribution is -2.42. The molecule has 2 rings (SSSR count). The summed E-state index contributed by atoms with van der Waals surface area (Å²) >= 11 is 0. The molecule has 1 atom stereocenters. The van der Waals surface area contributed by atoms with Gasteiger partial charge in [-0.25, -0.2) is 18.8 Å². The number of sulfone groups is 1. The van der Waals surface area contributed by atoms with Gasteiger partial charge in [0.1, 0.15) is 11.9 Å². The molecule has 2 heterocycles. The average molecular weight is 350 g/mol. The van der Waals surface area contributed by atoms with Gasteiger partial charge in [-0.05, 0) is 13.0 Å². The minimum Gasteiger partial charge on any atom is -0.401 e. The van der Waals surface area contributed by atoms with E-state index in [-0.39, 0.29) is 11.5 Å². The van der Waals surface area contributed by atoms with Crippen LogP contribution in [0.4, 0.5) is 5.82 Å². The average Bonchev–Trinajstić information content (AvgIpc) is 2.55. The fraction of sp³-hybridized carbons (Fsp3) is 0.467. The third kappa shape index (κ3) is 4.44. The Balaban J connectivity index is 2.16. The summed E-state index contributed by atoms with van der Waals surface area (Å²) in [5.41, 5.74) is 10.0. The normalized spacial score (nSPS) is 19.5. The standard InChI is InChI=1S/C15H22N6O2S/c1-12(17)11-21(18-2)15-4-3-13(10-19-15)14(9-16)20-5-7-24(22,23)8-6-20/h3-4,10-11,14,18H,5-8,17H2,1-2H3/b12-11+. The van der Waals surface area contributed by atoms with Gasteiger partial charge in [0.05, 0.1) is 17.6 Å². The number of anilines is 1. The number of rotatable bonds is 5. The summed E-state index contributed by atoms with van der Waals surface area (Å²) in [4.78, 5) is 6.23. The third-order valence-corrected chi connectivity index (χ3v) is 5.38. The molecule has 9 heteroatoms. The van der Waals surface area contributed by atoms with Crippen molar-refractivity contribution in [2.75, 3.05) is 36.7 Å². The first kappa shape index (κ1) is 18.2. The molecular weight excluding hydrogens is 328 g/mol. The number of aromatic nitrogens is 1. The van der Waals surface area contributed by atoms with Crippen molar-refractivity contribution in [1.82, 2.24) is 15.3 Å². The van der Waals surface area contributed by atoms with Gasteiger partial charge in [0, 0.05) is 43.8 Å². The molecule has 1 unspecified atom stereocenters. The number of hydrogen-bond acceptors (Lipinski definition) is 8. The number of hydrazine groups is 1. The Morgan fingerprint density at radius 1 is 1.50 bits per heavy atom. The summed E-state index contributed by atoms with van der Waals surface area (Å²) in [6, 6.07) is 5.35. The lowest BCUT2D eigenvalue weighted by Gasteiger charge is -2.30. The van der Waals surface area contributed by atoms with Crippen LogP contribution in [0.5, 0.6) is 0 Å². The van der Waals surface area contributed by atoms with Crippen molar-refractivity contribution in [1.29, 1.82) is 5.26 Å². The SMILES string of the molecule is CNN(/C=C(\C)N)c1ccc(C(C#N)N2CCS(=O)(=O)CC2)cn1. The first-order chi connectivity index (χ1) is 11.4. The van der Waals surface area contributed by atoms with E-state index in [1.54, 1.807) is 37.4 Å². The van der Waals surface area contributed by atoms with Gasteiger partial charge in [0.15, 0.2) is 9.84 Å². The van der Waals surface area contributed by atoms with E-state index < -0.39 is 15.9 Å². The zero-order valence-corrected chi connectivity index (χ0v) is 14.6. The first-order valence-corrected chi connectivity index (χ1v) is 9.39. The minimum absolute atomic E-state index is 0.0881. The van der Waals surface area contributed by atoms with Crippen LogP contribution in [0.1, 0.15) is 18.5 Å². The molecule has 0 amide bonds. The maximum absolute atomic E-state index is 11.5. The van der Waals surface area contributed by atoms with Crippen LogP contribution in [0.3, 0.4) is 0 Å². The van der Waals surface area contributed by atoms with E-state index in [1.165, 1.54) is 0 Å². The van der Waals surface area contributed by atoms with Crippen molar-refractivity contribution in [2.45, 2.75) is 13.0 Å². The molecule has 0 spiro atoms. The Labute approximate surface area is 142 Å². The lowest BCUT2D eigenvalue weighted by molar-refractivity contribution is 0.255. The molecule has 1 fully saturated rings. The summed E-state index contributed by atoms with van der Waals surface area (Å²) < 4.78 is 23.1. The zero-order valence-electron chi connectivity index (χ0n) is 13.8. The fourth-order valence-electron chi connectivity index (χ4n) is 2.50. The van der Waals surface area contributed by atoms with Crippen LogP contribution in [0.15, 0.2) is 30.2 Å². The smallest absolute Gasteiger partial charge is 0.152 e. The Hall–Kier alpha value is -2.15. The van der Waals surface area contributed by atoms with E-state index in [0.717, 1.165) is 5.56 Å². The van der Waals surface area contributed by atoms with Crippen molar-refractivity contribution in [3.63, 3.8) is 0 Å². The van der Waals surface area contributed by atoms with Crippen LogP contribution in [-0.4, -0.2) is 49.9 Å². The predicted molar refractivity (Wildman–Crippen MR) is 92.3 cm³/mol. The molecule has 1 aromatic rings. The monoisotopic (exact) mass is 350 g/mol. The third-order valence-electron chi connectivity index (χ3n) is 3.77. The van der Waals surface area contributed by atoms with Crippen LogP contribution in [0, 0.1) is 11.3 Å². The minimum atomic E-state index is -2.97. The van der Waals surface area contributed by atoms with Gasteiger partial charge < -0.3 is 5.73 Å². The Bertz CT molecular complexity index is 720. The molecule has 1 aliphatic rings. The van der Waals surface area contributed by atoms with Crippen molar-refractivity contribution >= 4 is 15.7 Å². The molecule has 1 saturated heterocycles. The van der Waals surface area contributed by atoms with Crippen LogP contribution < -0.4 is 16.2 Å². The second-order valence-corrected chi connectivity index (χ2v) is 7.94. The van der Waals surface area contributed by atoms with Crippen LogP contribution >= 0.6 is 0 Å². The topological polar surface area (TPSA) is 115 Å². The number of nitriles is 1. The number of allylic oxidation sites excluding steroid dienone is 1. The van der Waals surface area contributed by atoms with E-state index in [0.29, 0.717) is 24.6 Å².